The van der Waals surface area contributed by atoms with Crippen molar-refractivity contribution in [3.63, 3.8) is 0 Å². The van der Waals surface area contributed by atoms with Crippen molar-refractivity contribution in [2.75, 3.05) is 0 Å². The molecule has 0 bridgehead atoms. The molecule has 0 amide bonds. The molecule has 0 aliphatic heterocycles. The van der Waals surface area contributed by atoms with E-state index in [-0.39, 0.29) is 0 Å². The monoisotopic (exact) mass is 262 g/mol. The molecule has 1 aromatic carbocycles. The highest BCUT2D eigenvalue weighted by atomic mass is 32.1. The fraction of sp³-hybridized carbons (Fsp3) is 0.400. The minimum atomic E-state index is -0.800. The van der Waals surface area contributed by atoms with E-state index < -0.39 is 5.97 Å². The number of aryl methyl sites for hydroxylation is 2. The first-order valence-electron chi connectivity index (χ1n) is 6.16. The number of thiophene rings is 1. The van der Waals surface area contributed by atoms with E-state index in [1.807, 2.05) is 6.92 Å². The third-order valence-electron chi connectivity index (χ3n) is 3.15. The Morgan fingerprint density at radius 3 is 2.44 bits per heavy atom. The lowest BCUT2D eigenvalue weighted by molar-refractivity contribution is 0.0701. The summed E-state index contributed by atoms with van der Waals surface area (Å²) in [7, 11) is 0. The Morgan fingerprint density at radius 1 is 1.28 bits per heavy atom. The van der Waals surface area contributed by atoms with Gasteiger partial charge in [0.15, 0.2) is 0 Å². The first-order valence-corrected chi connectivity index (χ1v) is 6.98. The standard InChI is InChI=1S/C15H18O2S/c1-8(2)7-11-12-9(3)5-6-10(4)13(12)18-14(11)15(16)17/h5-6,8H,7H2,1-4H3,(H,16,17). The van der Waals surface area contributed by atoms with Gasteiger partial charge in [0.2, 0.25) is 0 Å². The predicted molar refractivity (Wildman–Crippen MR) is 76.8 cm³/mol. The minimum Gasteiger partial charge on any atom is -0.477 e. The average Bonchev–Trinajstić information content (AvgIpc) is 2.63. The van der Waals surface area contributed by atoms with Gasteiger partial charge in [0.25, 0.3) is 0 Å². The molecule has 0 unspecified atom stereocenters. The number of carbonyl (C=O) groups is 1. The third-order valence-corrected chi connectivity index (χ3v) is 4.50. The van der Waals surface area contributed by atoms with Crippen molar-refractivity contribution in [2.24, 2.45) is 5.92 Å². The Labute approximate surface area is 111 Å². The molecule has 2 nitrogen and oxygen atoms in total. The quantitative estimate of drug-likeness (QED) is 0.889. The Hall–Kier alpha value is -1.35. The molecule has 0 aliphatic carbocycles. The van der Waals surface area contributed by atoms with E-state index in [1.165, 1.54) is 16.9 Å². The number of rotatable bonds is 3. The van der Waals surface area contributed by atoms with Gasteiger partial charge in [-0.15, -0.1) is 11.3 Å². The summed E-state index contributed by atoms with van der Waals surface area (Å²) < 4.78 is 1.13. The molecule has 1 N–H and O–H groups in total. The lowest BCUT2D eigenvalue weighted by Crippen LogP contribution is -2.02. The van der Waals surface area contributed by atoms with E-state index >= 15 is 0 Å². The van der Waals surface area contributed by atoms with Crippen LogP contribution in [0.5, 0.6) is 0 Å². The van der Waals surface area contributed by atoms with Gasteiger partial charge in [0, 0.05) is 4.70 Å². The molecule has 0 fully saturated rings. The van der Waals surface area contributed by atoms with Gasteiger partial charge in [-0.1, -0.05) is 26.0 Å². The molecule has 0 radical (unpaired) electrons. The lowest BCUT2D eigenvalue weighted by atomic mass is 9.96. The molecule has 96 valence electrons. The first-order chi connectivity index (χ1) is 8.41. The van der Waals surface area contributed by atoms with Crippen LogP contribution in [-0.4, -0.2) is 11.1 Å². The van der Waals surface area contributed by atoms with E-state index in [4.69, 9.17) is 0 Å². The summed E-state index contributed by atoms with van der Waals surface area (Å²) in [5, 5.41) is 10.5. The van der Waals surface area contributed by atoms with Crippen LogP contribution in [0.2, 0.25) is 0 Å². The second-order valence-electron chi connectivity index (χ2n) is 5.22. The van der Waals surface area contributed by atoms with Crippen molar-refractivity contribution in [1.82, 2.24) is 0 Å². The van der Waals surface area contributed by atoms with Gasteiger partial charge in [-0.3, -0.25) is 0 Å². The third kappa shape index (κ3) is 2.15. The zero-order chi connectivity index (χ0) is 13.4. The molecule has 2 rings (SSSR count). The van der Waals surface area contributed by atoms with Gasteiger partial charge in [-0.05, 0) is 48.3 Å². The smallest absolute Gasteiger partial charge is 0.346 e. The first kappa shape index (κ1) is 13.1. The highest BCUT2D eigenvalue weighted by Crippen LogP contribution is 2.37. The van der Waals surface area contributed by atoms with Gasteiger partial charge in [0.1, 0.15) is 4.88 Å². The van der Waals surface area contributed by atoms with Crippen LogP contribution in [-0.2, 0) is 6.42 Å². The maximum Gasteiger partial charge on any atom is 0.346 e. The Bertz CT molecular complexity index is 608. The van der Waals surface area contributed by atoms with Crippen molar-refractivity contribution in [1.29, 1.82) is 0 Å². The fourth-order valence-corrected chi connectivity index (χ4v) is 3.56. The number of benzene rings is 1. The highest BCUT2D eigenvalue weighted by Gasteiger charge is 2.20. The predicted octanol–water partition coefficient (Wildman–Crippen LogP) is 4.41. The molecule has 1 aromatic heterocycles. The summed E-state index contributed by atoms with van der Waals surface area (Å²) in [5.74, 6) is -0.341. The van der Waals surface area contributed by atoms with Crippen LogP contribution in [0.1, 0.15) is 40.2 Å². The van der Waals surface area contributed by atoms with E-state index in [1.54, 1.807) is 0 Å². The van der Waals surface area contributed by atoms with Crippen molar-refractivity contribution < 1.29 is 9.90 Å². The van der Waals surface area contributed by atoms with E-state index in [9.17, 15) is 9.90 Å². The van der Waals surface area contributed by atoms with Gasteiger partial charge in [-0.25, -0.2) is 4.79 Å². The molecular formula is C15H18O2S. The normalized spacial score (nSPS) is 11.4. The summed E-state index contributed by atoms with van der Waals surface area (Å²) >= 11 is 1.42. The van der Waals surface area contributed by atoms with Gasteiger partial charge in [-0.2, -0.15) is 0 Å². The van der Waals surface area contributed by atoms with Crippen LogP contribution in [0.3, 0.4) is 0 Å². The van der Waals surface area contributed by atoms with Crippen molar-refractivity contribution >= 4 is 27.4 Å². The van der Waals surface area contributed by atoms with E-state index in [0.717, 1.165) is 27.6 Å². The summed E-state index contributed by atoms with van der Waals surface area (Å²) in [4.78, 5) is 11.9. The minimum absolute atomic E-state index is 0.459. The molecular weight excluding hydrogens is 244 g/mol. The Kier molecular flexibility index (Phi) is 3.44. The molecule has 2 aromatic rings. The summed E-state index contributed by atoms with van der Waals surface area (Å²) in [6.45, 7) is 8.35. The number of aromatic carboxylic acids is 1. The van der Waals surface area contributed by atoms with Crippen LogP contribution >= 0.6 is 11.3 Å². The highest BCUT2D eigenvalue weighted by molar-refractivity contribution is 7.21. The molecule has 0 aliphatic rings. The number of fused-ring (bicyclic) bond motifs is 1. The fourth-order valence-electron chi connectivity index (χ4n) is 2.34. The summed E-state index contributed by atoms with van der Waals surface area (Å²) in [6, 6.07) is 4.15. The van der Waals surface area contributed by atoms with Gasteiger partial charge < -0.3 is 5.11 Å². The van der Waals surface area contributed by atoms with Crippen LogP contribution in [0.25, 0.3) is 10.1 Å². The van der Waals surface area contributed by atoms with E-state index in [0.29, 0.717) is 10.8 Å². The van der Waals surface area contributed by atoms with Crippen LogP contribution in [0.4, 0.5) is 0 Å². The summed E-state index contributed by atoms with van der Waals surface area (Å²) in [5.41, 5.74) is 3.35. The summed E-state index contributed by atoms with van der Waals surface area (Å²) in [6.07, 6.45) is 0.825. The Morgan fingerprint density at radius 2 is 1.89 bits per heavy atom. The van der Waals surface area contributed by atoms with Crippen LogP contribution in [0, 0.1) is 19.8 Å². The molecule has 0 saturated carbocycles. The maximum absolute atomic E-state index is 11.4. The second-order valence-corrected chi connectivity index (χ2v) is 6.24. The van der Waals surface area contributed by atoms with Gasteiger partial charge in [0.05, 0.1) is 0 Å². The SMILES string of the molecule is Cc1ccc(C)c2c(CC(C)C)c(C(=O)O)sc12. The molecule has 0 atom stereocenters. The topological polar surface area (TPSA) is 37.3 Å². The number of hydrogen-bond acceptors (Lipinski definition) is 2. The van der Waals surface area contributed by atoms with Crippen molar-refractivity contribution in [3.8, 4) is 0 Å². The Balaban J connectivity index is 2.80. The van der Waals surface area contributed by atoms with Crippen LogP contribution < -0.4 is 0 Å². The number of carboxylic acid groups (broad SMARTS) is 1. The van der Waals surface area contributed by atoms with E-state index in [2.05, 4.69) is 32.9 Å². The van der Waals surface area contributed by atoms with Crippen molar-refractivity contribution in [2.45, 2.75) is 34.1 Å². The number of carboxylic acids is 1. The lowest BCUT2D eigenvalue weighted by Gasteiger charge is -2.07. The molecule has 0 saturated heterocycles. The van der Waals surface area contributed by atoms with Crippen LogP contribution in [0.15, 0.2) is 12.1 Å². The largest absolute Gasteiger partial charge is 0.477 e. The molecule has 0 spiro atoms. The maximum atomic E-state index is 11.4. The zero-order valence-corrected chi connectivity index (χ0v) is 12.0. The zero-order valence-electron chi connectivity index (χ0n) is 11.2. The molecule has 18 heavy (non-hydrogen) atoms. The second kappa shape index (κ2) is 4.73. The average molecular weight is 262 g/mol. The van der Waals surface area contributed by atoms with Crippen molar-refractivity contribution in [3.05, 3.63) is 33.7 Å². The van der Waals surface area contributed by atoms with Gasteiger partial charge >= 0.3 is 5.97 Å². The number of hydrogen-bond donors (Lipinski definition) is 1. The molecule has 1 heterocycles. The molecule has 3 heteroatoms.